The largest absolute Gasteiger partial charge is 0.489 e. The number of benzene rings is 3. The van der Waals surface area contributed by atoms with Crippen LogP contribution in [0, 0.1) is 0 Å². The predicted octanol–water partition coefficient (Wildman–Crippen LogP) is 3.97. The number of hydrogen-bond donors (Lipinski definition) is 0. The lowest BCUT2D eigenvalue weighted by atomic mass is 10.0. The minimum atomic E-state index is 0.110. The van der Waals surface area contributed by atoms with Crippen molar-refractivity contribution < 1.29 is 9.53 Å². The van der Waals surface area contributed by atoms with Crippen LogP contribution in [-0.2, 0) is 13.0 Å². The fourth-order valence-corrected chi connectivity index (χ4v) is 5.33. The standard InChI is InChI=1S/C27H27N3O2/c31-27(30-14-13-20-7-2-4-10-24(20)30)23-9-3-1-8-21(23)17-28-15-16-29-22(18-28)19-32-26-12-6-5-11-25(26)29/h1-12,22H,13-19H2. The van der Waals surface area contributed by atoms with E-state index in [-0.39, 0.29) is 5.91 Å². The van der Waals surface area contributed by atoms with E-state index in [9.17, 15) is 4.79 Å². The van der Waals surface area contributed by atoms with E-state index in [0.29, 0.717) is 12.6 Å². The molecule has 1 fully saturated rings. The Labute approximate surface area is 188 Å². The summed E-state index contributed by atoms with van der Waals surface area (Å²) in [6.45, 7) is 5.12. The monoisotopic (exact) mass is 425 g/mol. The molecule has 5 nitrogen and oxygen atoms in total. The van der Waals surface area contributed by atoms with Crippen molar-refractivity contribution in [2.45, 2.75) is 19.0 Å². The van der Waals surface area contributed by atoms with Gasteiger partial charge in [-0.05, 0) is 41.8 Å². The van der Waals surface area contributed by atoms with Gasteiger partial charge in [0.1, 0.15) is 12.4 Å². The maximum absolute atomic E-state index is 13.5. The molecular formula is C27H27N3O2. The highest BCUT2D eigenvalue weighted by molar-refractivity contribution is 6.08. The van der Waals surface area contributed by atoms with Gasteiger partial charge in [-0.2, -0.15) is 0 Å². The second-order valence-corrected chi connectivity index (χ2v) is 8.85. The van der Waals surface area contributed by atoms with E-state index < -0.39 is 0 Å². The number of carbonyl (C=O) groups excluding carboxylic acids is 1. The number of carbonyl (C=O) groups is 1. The van der Waals surface area contributed by atoms with Crippen LogP contribution in [0.3, 0.4) is 0 Å². The van der Waals surface area contributed by atoms with Crippen LogP contribution in [0.4, 0.5) is 11.4 Å². The Morgan fingerprint density at radius 1 is 0.875 bits per heavy atom. The van der Waals surface area contributed by atoms with Crippen LogP contribution < -0.4 is 14.5 Å². The van der Waals surface area contributed by atoms with E-state index in [0.717, 1.165) is 61.7 Å². The number of rotatable bonds is 3. The molecule has 3 aromatic rings. The van der Waals surface area contributed by atoms with Gasteiger partial charge >= 0.3 is 0 Å². The number of fused-ring (bicyclic) bond motifs is 4. The van der Waals surface area contributed by atoms with Crippen LogP contribution >= 0.6 is 0 Å². The summed E-state index contributed by atoms with van der Waals surface area (Å²) in [5, 5.41) is 0. The summed E-state index contributed by atoms with van der Waals surface area (Å²) in [6.07, 6.45) is 0.926. The summed E-state index contributed by atoms with van der Waals surface area (Å²) in [4.78, 5) is 20.4. The van der Waals surface area contributed by atoms with Crippen molar-refractivity contribution in [2.75, 3.05) is 42.6 Å². The Balaban J connectivity index is 1.20. The first-order valence-corrected chi connectivity index (χ1v) is 11.5. The minimum Gasteiger partial charge on any atom is -0.489 e. The van der Waals surface area contributed by atoms with Gasteiger partial charge in [0.15, 0.2) is 0 Å². The van der Waals surface area contributed by atoms with E-state index in [2.05, 4.69) is 46.2 Å². The minimum absolute atomic E-state index is 0.110. The zero-order chi connectivity index (χ0) is 21.5. The number of anilines is 2. The van der Waals surface area contributed by atoms with Crippen LogP contribution in [0.1, 0.15) is 21.5 Å². The zero-order valence-corrected chi connectivity index (χ0v) is 18.1. The van der Waals surface area contributed by atoms with Crippen LogP contribution in [0.15, 0.2) is 72.8 Å². The molecule has 3 aliphatic heterocycles. The van der Waals surface area contributed by atoms with Crippen molar-refractivity contribution in [1.29, 1.82) is 0 Å². The third kappa shape index (κ3) is 3.33. The summed E-state index contributed by atoms with van der Waals surface area (Å²) in [5.41, 5.74) is 5.43. The first-order valence-electron chi connectivity index (χ1n) is 11.5. The highest BCUT2D eigenvalue weighted by Gasteiger charge is 2.33. The first-order chi connectivity index (χ1) is 15.8. The van der Waals surface area contributed by atoms with Gasteiger partial charge in [-0.15, -0.1) is 0 Å². The molecule has 3 aliphatic rings. The van der Waals surface area contributed by atoms with E-state index in [4.69, 9.17) is 4.74 Å². The molecule has 32 heavy (non-hydrogen) atoms. The summed E-state index contributed by atoms with van der Waals surface area (Å²) in [5.74, 6) is 1.10. The Hall–Kier alpha value is -3.31. The van der Waals surface area contributed by atoms with Gasteiger partial charge in [0.25, 0.3) is 5.91 Å². The topological polar surface area (TPSA) is 36.0 Å². The van der Waals surface area contributed by atoms with E-state index in [1.807, 2.05) is 41.3 Å². The molecule has 3 aromatic carbocycles. The lowest BCUT2D eigenvalue weighted by Crippen LogP contribution is -2.57. The molecule has 1 atom stereocenters. The molecule has 3 heterocycles. The van der Waals surface area contributed by atoms with Gasteiger partial charge < -0.3 is 14.5 Å². The van der Waals surface area contributed by atoms with Crippen molar-refractivity contribution in [3.05, 3.63) is 89.5 Å². The van der Waals surface area contributed by atoms with Gasteiger partial charge in [-0.1, -0.05) is 48.5 Å². The van der Waals surface area contributed by atoms with Crippen molar-refractivity contribution in [3.63, 3.8) is 0 Å². The second kappa shape index (κ2) is 7.99. The average Bonchev–Trinajstić information content (AvgIpc) is 3.28. The van der Waals surface area contributed by atoms with Crippen LogP contribution in [0.25, 0.3) is 0 Å². The highest BCUT2D eigenvalue weighted by Crippen LogP contribution is 2.35. The molecule has 162 valence electrons. The van der Waals surface area contributed by atoms with Crippen LogP contribution in [0.2, 0.25) is 0 Å². The summed E-state index contributed by atoms with van der Waals surface area (Å²) >= 11 is 0. The number of hydrogen-bond acceptors (Lipinski definition) is 4. The summed E-state index contributed by atoms with van der Waals surface area (Å²) in [6, 6.07) is 25.0. The maximum atomic E-state index is 13.5. The van der Waals surface area contributed by atoms with Gasteiger partial charge in [-0.25, -0.2) is 0 Å². The molecule has 1 unspecified atom stereocenters. The fraction of sp³-hybridized carbons (Fsp3) is 0.296. The quantitative estimate of drug-likeness (QED) is 0.636. The third-order valence-electron chi connectivity index (χ3n) is 6.95. The van der Waals surface area contributed by atoms with Crippen LogP contribution in [-0.4, -0.2) is 49.6 Å². The zero-order valence-electron chi connectivity index (χ0n) is 18.1. The second-order valence-electron chi connectivity index (χ2n) is 8.85. The predicted molar refractivity (Wildman–Crippen MR) is 127 cm³/mol. The van der Waals surface area contributed by atoms with Crippen molar-refractivity contribution in [1.82, 2.24) is 4.90 Å². The summed E-state index contributed by atoms with van der Waals surface area (Å²) < 4.78 is 6.03. The Kier molecular flexibility index (Phi) is 4.84. The lowest BCUT2D eigenvalue weighted by molar-refractivity contribution is 0.0986. The molecule has 0 radical (unpaired) electrons. The van der Waals surface area contributed by atoms with E-state index >= 15 is 0 Å². The third-order valence-corrected chi connectivity index (χ3v) is 6.95. The highest BCUT2D eigenvalue weighted by atomic mass is 16.5. The molecule has 6 rings (SSSR count). The Morgan fingerprint density at radius 3 is 2.59 bits per heavy atom. The first kappa shape index (κ1) is 19.4. The van der Waals surface area contributed by atoms with E-state index in [1.165, 1.54) is 11.3 Å². The Morgan fingerprint density at radius 2 is 1.66 bits per heavy atom. The molecule has 0 spiro atoms. The normalized spacial score (nSPS) is 19.7. The van der Waals surface area contributed by atoms with Crippen LogP contribution in [0.5, 0.6) is 5.75 Å². The molecule has 0 aliphatic carbocycles. The molecule has 1 amide bonds. The molecule has 5 heteroatoms. The lowest BCUT2D eigenvalue weighted by Gasteiger charge is -2.45. The van der Waals surface area contributed by atoms with E-state index in [1.54, 1.807) is 0 Å². The molecule has 0 saturated carbocycles. The van der Waals surface area contributed by atoms with Gasteiger partial charge in [0.2, 0.25) is 0 Å². The number of para-hydroxylation sites is 3. The maximum Gasteiger partial charge on any atom is 0.258 e. The Bertz CT molecular complexity index is 1160. The molecule has 1 saturated heterocycles. The number of piperazine rings is 1. The van der Waals surface area contributed by atoms with Gasteiger partial charge in [0, 0.05) is 44.0 Å². The van der Waals surface area contributed by atoms with Gasteiger partial charge in [-0.3, -0.25) is 9.69 Å². The number of ether oxygens (including phenoxy) is 1. The number of nitrogens with zero attached hydrogens (tertiary/aromatic N) is 3. The fourth-order valence-electron chi connectivity index (χ4n) is 5.33. The molecule has 0 bridgehead atoms. The average molecular weight is 426 g/mol. The van der Waals surface area contributed by atoms with Crippen molar-refractivity contribution in [3.8, 4) is 5.75 Å². The molecule has 0 N–H and O–H groups in total. The molecule has 0 aromatic heterocycles. The van der Waals surface area contributed by atoms with Crippen molar-refractivity contribution >= 4 is 17.3 Å². The summed E-state index contributed by atoms with van der Waals surface area (Å²) in [7, 11) is 0. The smallest absolute Gasteiger partial charge is 0.258 e. The SMILES string of the molecule is O=C(c1ccccc1CN1CCN2c3ccccc3OCC2C1)N1CCc2ccccc21. The van der Waals surface area contributed by atoms with Gasteiger partial charge in [0.05, 0.1) is 11.7 Å². The molecular weight excluding hydrogens is 398 g/mol. The number of amides is 1. The van der Waals surface area contributed by atoms with Crippen molar-refractivity contribution in [2.24, 2.45) is 0 Å².